The monoisotopic (exact) mass is 637 g/mol. The Kier molecular flexibility index (Phi) is 6.42. The molecule has 0 N–H and O–H groups in total. The van der Waals surface area contributed by atoms with Gasteiger partial charge in [0, 0.05) is 56.6 Å². The molecule has 0 atom stereocenters. The smallest absolute Gasteiger partial charge is 0.0970 e. The maximum Gasteiger partial charge on any atom is 0.0970 e. The van der Waals surface area contributed by atoms with Crippen LogP contribution in [0.15, 0.2) is 164 Å². The molecule has 10 rings (SSSR count). The van der Waals surface area contributed by atoms with Crippen LogP contribution in [0.3, 0.4) is 0 Å². The molecule has 0 saturated heterocycles. The van der Waals surface area contributed by atoms with E-state index in [2.05, 4.69) is 130 Å². The van der Waals surface area contributed by atoms with Crippen LogP contribution in [0, 0.1) is 0 Å². The van der Waals surface area contributed by atoms with Crippen molar-refractivity contribution in [2.24, 2.45) is 0 Å². The minimum Gasteiger partial charge on any atom is -0.256 e. The molecule has 0 amide bonds. The maximum atomic E-state index is 5.05. The molecule has 0 fully saturated rings. The first-order valence-electron chi connectivity index (χ1n) is 16.6. The molecule has 0 spiro atoms. The zero-order valence-corrected chi connectivity index (χ0v) is 26.8. The lowest BCUT2D eigenvalue weighted by molar-refractivity contribution is 1.35. The van der Waals surface area contributed by atoms with Gasteiger partial charge >= 0.3 is 0 Å². The van der Waals surface area contributed by atoms with E-state index in [-0.39, 0.29) is 0 Å². The normalized spacial score (nSPS) is 11.6. The van der Waals surface area contributed by atoms with E-state index in [1.54, 1.807) is 0 Å². The summed E-state index contributed by atoms with van der Waals surface area (Å²) in [5.41, 5.74) is 13.3. The number of pyridine rings is 5. The third kappa shape index (κ3) is 4.83. The molecule has 0 radical (unpaired) electrons. The molecule has 5 aromatic carbocycles. The van der Waals surface area contributed by atoms with E-state index in [0.717, 1.165) is 99.3 Å². The summed E-state index contributed by atoms with van der Waals surface area (Å²) in [5.74, 6) is 0. The molecule has 50 heavy (non-hydrogen) atoms. The Morgan fingerprint density at radius 3 is 1.68 bits per heavy atom. The van der Waals surface area contributed by atoms with E-state index in [1.807, 2.05) is 48.9 Å². The maximum absolute atomic E-state index is 5.05. The van der Waals surface area contributed by atoms with Crippen LogP contribution in [-0.2, 0) is 0 Å². The summed E-state index contributed by atoms with van der Waals surface area (Å²) < 4.78 is 0. The van der Waals surface area contributed by atoms with Crippen molar-refractivity contribution in [3.63, 3.8) is 0 Å². The summed E-state index contributed by atoms with van der Waals surface area (Å²) in [4.78, 5) is 23.9. The van der Waals surface area contributed by atoms with Gasteiger partial charge in [0.1, 0.15) is 0 Å². The predicted molar refractivity (Wildman–Crippen MR) is 205 cm³/mol. The molecule has 0 bridgehead atoms. The number of benzene rings is 5. The van der Waals surface area contributed by atoms with Crippen molar-refractivity contribution in [1.82, 2.24) is 24.9 Å². The number of rotatable bonds is 4. The van der Waals surface area contributed by atoms with Crippen molar-refractivity contribution in [2.45, 2.75) is 0 Å². The van der Waals surface area contributed by atoms with E-state index in [9.17, 15) is 0 Å². The lowest BCUT2D eigenvalue weighted by Crippen LogP contribution is -1.90. The third-order valence-corrected chi connectivity index (χ3v) is 9.55. The Morgan fingerprint density at radius 1 is 0.340 bits per heavy atom. The van der Waals surface area contributed by atoms with Crippen LogP contribution in [-0.4, -0.2) is 24.9 Å². The number of para-hydroxylation sites is 1. The Labute approximate surface area is 287 Å². The molecule has 5 aromatic heterocycles. The van der Waals surface area contributed by atoms with Crippen molar-refractivity contribution in [1.29, 1.82) is 0 Å². The molecule has 10 aromatic rings. The van der Waals surface area contributed by atoms with E-state index in [1.165, 1.54) is 0 Å². The van der Waals surface area contributed by atoms with Gasteiger partial charge in [-0.3, -0.25) is 15.0 Å². The Balaban J connectivity index is 0.936. The largest absolute Gasteiger partial charge is 0.256 e. The number of aromatic nitrogens is 5. The summed E-state index contributed by atoms with van der Waals surface area (Å²) in [6, 6.07) is 50.8. The van der Waals surface area contributed by atoms with Gasteiger partial charge in [0.05, 0.1) is 39.0 Å². The molecule has 5 heterocycles. The average molecular weight is 638 g/mol. The van der Waals surface area contributed by atoms with Crippen molar-refractivity contribution in [3.05, 3.63) is 164 Å². The van der Waals surface area contributed by atoms with E-state index in [0.29, 0.717) is 0 Å². The average Bonchev–Trinajstić information content (AvgIpc) is 3.19. The topological polar surface area (TPSA) is 64.5 Å². The number of hydrogen-bond acceptors (Lipinski definition) is 5. The molecule has 0 unspecified atom stereocenters. The minimum atomic E-state index is 0.919. The number of fused-ring (bicyclic) bond motifs is 6. The van der Waals surface area contributed by atoms with Crippen molar-refractivity contribution in [3.8, 4) is 44.8 Å². The summed E-state index contributed by atoms with van der Waals surface area (Å²) >= 11 is 0. The van der Waals surface area contributed by atoms with Gasteiger partial charge in [-0.1, -0.05) is 78.9 Å². The first-order valence-corrected chi connectivity index (χ1v) is 16.6. The van der Waals surface area contributed by atoms with Gasteiger partial charge in [0.2, 0.25) is 0 Å². The molecule has 0 aliphatic rings. The third-order valence-electron chi connectivity index (χ3n) is 9.55. The second-order valence-electron chi connectivity index (χ2n) is 12.6. The fourth-order valence-electron chi connectivity index (χ4n) is 6.98. The van der Waals surface area contributed by atoms with Crippen LogP contribution in [0.4, 0.5) is 0 Å². The fourth-order valence-corrected chi connectivity index (χ4v) is 6.98. The number of nitrogens with zero attached hydrogens (tertiary/aromatic N) is 5. The quantitative estimate of drug-likeness (QED) is 0.180. The highest BCUT2D eigenvalue weighted by Crippen LogP contribution is 2.35. The second kappa shape index (κ2) is 11.4. The molecular weight excluding hydrogens is 611 g/mol. The van der Waals surface area contributed by atoms with Gasteiger partial charge < -0.3 is 0 Å². The van der Waals surface area contributed by atoms with E-state index in [4.69, 9.17) is 9.97 Å². The van der Waals surface area contributed by atoms with Gasteiger partial charge in [-0.2, -0.15) is 0 Å². The zero-order valence-electron chi connectivity index (χ0n) is 26.8. The fraction of sp³-hybridized carbons (Fsp3) is 0. The molecule has 0 aliphatic heterocycles. The van der Waals surface area contributed by atoms with Crippen LogP contribution in [0.25, 0.3) is 99.3 Å². The Hall–Kier alpha value is -6.85. The van der Waals surface area contributed by atoms with Crippen LogP contribution in [0.1, 0.15) is 0 Å². The second-order valence-corrected chi connectivity index (χ2v) is 12.6. The molecule has 5 nitrogen and oxygen atoms in total. The van der Waals surface area contributed by atoms with Crippen molar-refractivity contribution in [2.75, 3.05) is 0 Å². The van der Waals surface area contributed by atoms with Crippen LogP contribution < -0.4 is 0 Å². The SMILES string of the molecule is c1ccc2ncc(-c3ccc4cc(-c5ccc6nc(-c7ccc(-c8cc9cccnc9c9ncccc89)cc7)ccc6c5)ccc4n3)cc2c1. The first-order chi connectivity index (χ1) is 24.7. The van der Waals surface area contributed by atoms with Gasteiger partial charge in [0.25, 0.3) is 0 Å². The molecule has 0 saturated carbocycles. The Morgan fingerprint density at radius 2 is 0.920 bits per heavy atom. The van der Waals surface area contributed by atoms with Gasteiger partial charge in [-0.05, 0) is 89.0 Å². The van der Waals surface area contributed by atoms with Crippen LogP contribution >= 0.6 is 0 Å². The molecular formula is C45H27N5. The van der Waals surface area contributed by atoms with Crippen LogP contribution in [0.2, 0.25) is 0 Å². The lowest BCUT2D eigenvalue weighted by atomic mass is 9.96. The summed E-state index contributed by atoms with van der Waals surface area (Å²) in [6.07, 6.45) is 5.56. The predicted octanol–water partition coefficient (Wildman–Crippen LogP) is 11.1. The first kappa shape index (κ1) is 28.2. The van der Waals surface area contributed by atoms with Gasteiger partial charge in [-0.15, -0.1) is 0 Å². The van der Waals surface area contributed by atoms with Crippen molar-refractivity contribution >= 4 is 54.5 Å². The highest BCUT2D eigenvalue weighted by Gasteiger charge is 2.12. The highest BCUT2D eigenvalue weighted by molar-refractivity contribution is 6.10. The van der Waals surface area contributed by atoms with E-state index >= 15 is 0 Å². The zero-order chi connectivity index (χ0) is 33.0. The van der Waals surface area contributed by atoms with Gasteiger partial charge in [0.15, 0.2) is 0 Å². The lowest BCUT2D eigenvalue weighted by Gasteiger charge is -2.11. The summed E-state index contributed by atoms with van der Waals surface area (Å²) in [6.45, 7) is 0. The summed E-state index contributed by atoms with van der Waals surface area (Å²) in [5, 5.41) is 5.49. The summed E-state index contributed by atoms with van der Waals surface area (Å²) in [7, 11) is 0. The standard InChI is InChI=1S/C45H27N5/c1-2-8-39-32(5-1)25-36(27-48-39)43-20-16-34-24-31(14-18-42(34)50-43)30-13-17-41-33(23-30)15-19-40(49-41)29-11-9-28(10-12-29)38-26-35-6-3-21-46-44(35)45-37(38)7-4-22-47-45/h1-27H. The molecule has 5 heteroatoms. The van der Waals surface area contributed by atoms with E-state index < -0.39 is 0 Å². The molecule has 0 aliphatic carbocycles. The molecule has 232 valence electrons. The van der Waals surface area contributed by atoms with Crippen molar-refractivity contribution < 1.29 is 0 Å². The number of hydrogen-bond donors (Lipinski definition) is 0. The highest BCUT2D eigenvalue weighted by atomic mass is 14.7. The Bertz CT molecular complexity index is 2930. The van der Waals surface area contributed by atoms with Gasteiger partial charge in [-0.25, -0.2) is 9.97 Å². The van der Waals surface area contributed by atoms with Crippen LogP contribution in [0.5, 0.6) is 0 Å². The minimum absolute atomic E-state index is 0.919.